The Balaban J connectivity index is 1.81. The third-order valence-electron chi connectivity index (χ3n) is 4.25. The number of amides is 1. The molecule has 132 valence electrons. The van der Waals surface area contributed by atoms with E-state index >= 15 is 0 Å². The Labute approximate surface area is 145 Å². The average Bonchev–Trinajstić information content (AvgIpc) is 2.59. The van der Waals surface area contributed by atoms with Gasteiger partial charge in [-0.05, 0) is 37.1 Å². The number of nitrogens with one attached hydrogen (secondary N) is 2. The molecular formula is C19H29N3O2. The molecule has 1 aliphatic rings. The van der Waals surface area contributed by atoms with Crippen LogP contribution in [0.1, 0.15) is 44.2 Å². The van der Waals surface area contributed by atoms with Crippen molar-refractivity contribution in [1.82, 2.24) is 15.8 Å². The highest BCUT2D eigenvalue weighted by Crippen LogP contribution is 2.27. The summed E-state index contributed by atoms with van der Waals surface area (Å²) in [6.45, 7) is 11.5. The van der Waals surface area contributed by atoms with Crippen LogP contribution in [0.2, 0.25) is 0 Å². The first kappa shape index (κ1) is 18.3. The van der Waals surface area contributed by atoms with Gasteiger partial charge in [-0.1, -0.05) is 38.5 Å². The van der Waals surface area contributed by atoms with Crippen molar-refractivity contribution in [2.45, 2.75) is 40.0 Å². The van der Waals surface area contributed by atoms with Crippen molar-refractivity contribution < 1.29 is 9.53 Å². The summed E-state index contributed by atoms with van der Waals surface area (Å²) in [7, 11) is 0. The minimum Gasteiger partial charge on any atom is -0.483 e. The lowest BCUT2D eigenvalue weighted by molar-refractivity contribution is -0.123. The largest absolute Gasteiger partial charge is 0.483 e. The van der Waals surface area contributed by atoms with E-state index in [0.717, 1.165) is 43.1 Å². The molecule has 1 aromatic rings. The van der Waals surface area contributed by atoms with E-state index < -0.39 is 0 Å². The zero-order chi connectivity index (χ0) is 17.5. The number of carbonyl (C=O) groups is 1. The number of hydrogen-bond acceptors (Lipinski definition) is 4. The molecule has 0 fully saturated rings. The number of benzene rings is 1. The Morgan fingerprint density at radius 3 is 2.79 bits per heavy atom. The van der Waals surface area contributed by atoms with Crippen LogP contribution < -0.4 is 15.6 Å². The van der Waals surface area contributed by atoms with Crippen molar-refractivity contribution in [3.8, 4) is 5.75 Å². The van der Waals surface area contributed by atoms with E-state index in [2.05, 4.69) is 55.6 Å². The summed E-state index contributed by atoms with van der Waals surface area (Å²) in [5.74, 6) is 0.959. The third kappa shape index (κ3) is 5.27. The second-order valence-corrected chi connectivity index (χ2v) is 6.53. The molecule has 0 saturated carbocycles. The maximum Gasteiger partial charge on any atom is 0.276 e. The number of likely N-dealkylation sites (N-methyl/N-ethyl adjacent to an activating group) is 1. The van der Waals surface area contributed by atoms with E-state index in [1.807, 2.05) is 12.1 Å². The number of ether oxygens (including phenoxy) is 1. The highest BCUT2D eigenvalue weighted by atomic mass is 16.5. The van der Waals surface area contributed by atoms with Crippen molar-refractivity contribution in [2.24, 2.45) is 0 Å². The van der Waals surface area contributed by atoms with Gasteiger partial charge in [0.05, 0.1) is 0 Å². The number of aryl methyl sites for hydroxylation is 1. The number of hydrogen-bond donors (Lipinski definition) is 2. The maximum absolute atomic E-state index is 12.0. The van der Waals surface area contributed by atoms with Gasteiger partial charge in [-0.25, -0.2) is 0 Å². The van der Waals surface area contributed by atoms with Crippen LogP contribution in [0.3, 0.4) is 0 Å². The quantitative estimate of drug-likeness (QED) is 0.755. The van der Waals surface area contributed by atoms with Crippen LogP contribution in [0.5, 0.6) is 5.75 Å². The van der Waals surface area contributed by atoms with Crippen LogP contribution in [0.25, 0.3) is 0 Å². The lowest BCUT2D eigenvalue weighted by atomic mass is 10.00. The Morgan fingerprint density at radius 1 is 1.38 bits per heavy atom. The molecule has 0 atom stereocenters. The fraction of sp³-hybridized carbons (Fsp3) is 0.526. The highest BCUT2D eigenvalue weighted by Gasteiger charge is 2.12. The molecule has 0 bridgehead atoms. The second kappa shape index (κ2) is 8.73. The predicted molar refractivity (Wildman–Crippen MR) is 96.9 cm³/mol. The van der Waals surface area contributed by atoms with Gasteiger partial charge in [0.2, 0.25) is 0 Å². The first-order chi connectivity index (χ1) is 11.5. The molecule has 5 heteroatoms. The zero-order valence-corrected chi connectivity index (χ0v) is 15.2. The van der Waals surface area contributed by atoms with Gasteiger partial charge in [-0.3, -0.25) is 15.1 Å². The first-order valence-electron chi connectivity index (χ1n) is 8.69. The molecule has 24 heavy (non-hydrogen) atoms. The minimum atomic E-state index is -0.177. The molecule has 2 N–H and O–H groups in total. The third-order valence-corrected chi connectivity index (χ3v) is 4.25. The number of hydrazine groups is 1. The first-order valence-corrected chi connectivity index (χ1v) is 8.69. The van der Waals surface area contributed by atoms with Gasteiger partial charge in [0.25, 0.3) is 5.91 Å². The number of nitrogens with zero attached hydrogens (tertiary/aromatic N) is 1. The van der Waals surface area contributed by atoms with Gasteiger partial charge in [0, 0.05) is 25.2 Å². The molecule has 1 aliphatic heterocycles. The maximum atomic E-state index is 12.0. The standard InChI is InChI=1S/C19H29N3O2/c1-5-22-10-8-16(9-11-22)20-21-19(23)13-24-18-7-6-15(4)12-17(18)14(2)3/h6-8,12,14,20H,5,9-11,13H2,1-4H3,(H,21,23). The van der Waals surface area contributed by atoms with Crippen LogP contribution in [-0.2, 0) is 4.79 Å². The molecule has 0 radical (unpaired) electrons. The molecule has 0 aromatic heterocycles. The van der Waals surface area contributed by atoms with Gasteiger partial charge in [0.15, 0.2) is 6.61 Å². The van der Waals surface area contributed by atoms with Crippen molar-refractivity contribution in [2.75, 3.05) is 26.2 Å². The van der Waals surface area contributed by atoms with E-state index in [1.165, 1.54) is 5.56 Å². The molecule has 5 nitrogen and oxygen atoms in total. The molecule has 1 aromatic carbocycles. The Hall–Kier alpha value is -2.01. The van der Waals surface area contributed by atoms with Crippen LogP contribution in [-0.4, -0.2) is 37.0 Å². The normalized spacial score (nSPS) is 15.1. The molecule has 0 saturated heterocycles. The Kier molecular flexibility index (Phi) is 6.67. The number of carbonyl (C=O) groups excluding carboxylic acids is 1. The van der Waals surface area contributed by atoms with E-state index in [-0.39, 0.29) is 12.5 Å². The molecule has 1 heterocycles. The van der Waals surface area contributed by atoms with Crippen molar-refractivity contribution in [3.05, 3.63) is 41.1 Å². The van der Waals surface area contributed by atoms with Gasteiger partial charge in [-0.15, -0.1) is 0 Å². The Bertz CT molecular complexity index is 596. The van der Waals surface area contributed by atoms with Crippen molar-refractivity contribution in [1.29, 1.82) is 0 Å². The lowest BCUT2D eigenvalue weighted by Crippen LogP contribution is -2.42. The van der Waals surface area contributed by atoms with Crippen molar-refractivity contribution in [3.63, 3.8) is 0 Å². The van der Waals surface area contributed by atoms with Gasteiger partial charge in [0.1, 0.15) is 5.75 Å². The van der Waals surface area contributed by atoms with Gasteiger partial charge in [-0.2, -0.15) is 0 Å². The molecule has 1 amide bonds. The smallest absolute Gasteiger partial charge is 0.276 e. The van der Waals surface area contributed by atoms with Gasteiger partial charge < -0.3 is 10.2 Å². The van der Waals surface area contributed by atoms with E-state index in [9.17, 15) is 4.79 Å². The second-order valence-electron chi connectivity index (χ2n) is 6.53. The van der Waals surface area contributed by atoms with Crippen LogP contribution >= 0.6 is 0 Å². The van der Waals surface area contributed by atoms with Crippen LogP contribution in [0.4, 0.5) is 0 Å². The molecular weight excluding hydrogens is 302 g/mol. The molecule has 0 aliphatic carbocycles. The van der Waals surface area contributed by atoms with E-state index in [0.29, 0.717) is 5.92 Å². The van der Waals surface area contributed by atoms with E-state index in [4.69, 9.17) is 4.74 Å². The molecule has 0 unspecified atom stereocenters. The van der Waals surface area contributed by atoms with Gasteiger partial charge >= 0.3 is 0 Å². The summed E-state index contributed by atoms with van der Waals surface area (Å²) in [5, 5.41) is 0. The van der Waals surface area contributed by atoms with E-state index in [1.54, 1.807) is 0 Å². The fourth-order valence-corrected chi connectivity index (χ4v) is 2.69. The predicted octanol–water partition coefficient (Wildman–Crippen LogP) is 2.73. The summed E-state index contributed by atoms with van der Waals surface area (Å²) in [5.41, 5.74) is 9.11. The van der Waals surface area contributed by atoms with Crippen molar-refractivity contribution >= 4 is 5.91 Å². The summed E-state index contributed by atoms with van der Waals surface area (Å²) in [4.78, 5) is 14.3. The molecule has 2 rings (SSSR count). The summed E-state index contributed by atoms with van der Waals surface area (Å²) in [6, 6.07) is 6.06. The summed E-state index contributed by atoms with van der Waals surface area (Å²) in [6.07, 6.45) is 3.04. The topological polar surface area (TPSA) is 53.6 Å². The average molecular weight is 331 g/mol. The SMILES string of the molecule is CCN1CC=C(NNC(=O)COc2ccc(C)cc2C(C)C)CC1. The van der Waals surface area contributed by atoms with Crippen LogP contribution in [0, 0.1) is 6.92 Å². The monoisotopic (exact) mass is 331 g/mol. The number of rotatable bonds is 7. The Morgan fingerprint density at radius 2 is 2.17 bits per heavy atom. The minimum absolute atomic E-state index is 0.00411. The summed E-state index contributed by atoms with van der Waals surface area (Å²) >= 11 is 0. The highest BCUT2D eigenvalue weighted by molar-refractivity contribution is 5.77. The van der Waals surface area contributed by atoms with Crippen LogP contribution in [0.15, 0.2) is 30.0 Å². The fourth-order valence-electron chi connectivity index (χ4n) is 2.69. The molecule has 0 spiro atoms. The summed E-state index contributed by atoms with van der Waals surface area (Å²) < 4.78 is 5.71. The zero-order valence-electron chi connectivity index (χ0n) is 15.2. The lowest BCUT2D eigenvalue weighted by Gasteiger charge is -2.25.